The molecule has 0 aliphatic carbocycles. The van der Waals surface area contributed by atoms with Gasteiger partial charge in [0.2, 0.25) is 0 Å². The molecule has 0 saturated carbocycles. The van der Waals surface area contributed by atoms with Crippen LogP contribution in [-0.4, -0.2) is 24.5 Å². The number of hydrogen-bond acceptors (Lipinski definition) is 4. The second kappa shape index (κ2) is 6.21. The first-order valence-electron chi connectivity index (χ1n) is 8.32. The van der Waals surface area contributed by atoms with Gasteiger partial charge in [-0.25, -0.2) is 14.1 Å². The van der Waals surface area contributed by atoms with Gasteiger partial charge in [0.15, 0.2) is 0 Å². The van der Waals surface area contributed by atoms with Gasteiger partial charge in [-0.05, 0) is 30.3 Å². The highest BCUT2D eigenvalue weighted by Crippen LogP contribution is 2.30. The molecule has 1 aliphatic heterocycles. The normalized spacial score (nSPS) is 12.1. The minimum atomic E-state index is -0.336. The molecule has 4 aromatic rings. The van der Waals surface area contributed by atoms with Crippen molar-refractivity contribution in [2.24, 2.45) is 0 Å². The first-order valence-corrected chi connectivity index (χ1v) is 8.70. The SMILES string of the molecule is Fc1cccc(OCc2ncn3c2Cc2cnnn2-c2cc(Cl)ccc2-3)c1. The average molecular weight is 382 g/mol. The third-order valence-corrected chi connectivity index (χ3v) is 4.75. The van der Waals surface area contributed by atoms with Crippen molar-refractivity contribution in [1.82, 2.24) is 24.5 Å². The molecule has 0 radical (unpaired) electrons. The maximum absolute atomic E-state index is 13.4. The molecule has 1 aliphatic rings. The van der Waals surface area contributed by atoms with Crippen molar-refractivity contribution in [3.05, 3.63) is 82.9 Å². The summed E-state index contributed by atoms with van der Waals surface area (Å²) in [5, 5.41) is 8.85. The van der Waals surface area contributed by atoms with Gasteiger partial charge in [-0.3, -0.25) is 0 Å². The fourth-order valence-electron chi connectivity index (χ4n) is 3.26. The van der Waals surface area contributed by atoms with Gasteiger partial charge < -0.3 is 9.30 Å². The Balaban J connectivity index is 1.56. The summed E-state index contributed by atoms with van der Waals surface area (Å²) in [4.78, 5) is 4.52. The van der Waals surface area contributed by atoms with E-state index in [4.69, 9.17) is 16.3 Å². The zero-order valence-electron chi connectivity index (χ0n) is 14.0. The number of nitrogens with zero attached hydrogens (tertiary/aromatic N) is 5. The Morgan fingerprint density at radius 3 is 2.96 bits per heavy atom. The monoisotopic (exact) mass is 381 g/mol. The Morgan fingerprint density at radius 2 is 2.07 bits per heavy atom. The van der Waals surface area contributed by atoms with Gasteiger partial charge in [-0.15, -0.1) is 5.10 Å². The third-order valence-electron chi connectivity index (χ3n) is 4.52. The first-order chi connectivity index (χ1) is 13.2. The summed E-state index contributed by atoms with van der Waals surface area (Å²) < 4.78 is 22.9. The van der Waals surface area contributed by atoms with Gasteiger partial charge in [0, 0.05) is 17.5 Å². The van der Waals surface area contributed by atoms with Crippen molar-refractivity contribution in [2.75, 3.05) is 0 Å². The van der Waals surface area contributed by atoms with Crippen LogP contribution < -0.4 is 4.74 Å². The molecule has 0 atom stereocenters. The predicted molar refractivity (Wildman–Crippen MR) is 97.0 cm³/mol. The van der Waals surface area contributed by atoms with Crippen LogP contribution in [0.4, 0.5) is 4.39 Å². The molecule has 6 nitrogen and oxygen atoms in total. The quantitative estimate of drug-likeness (QED) is 0.478. The summed E-state index contributed by atoms with van der Waals surface area (Å²) in [5.74, 6) is 0.126. The topological polar surface area (TPSA) is 57.8 Å². The van der Waals surface area contributed by atoms with Crippen LogP contribution in [0.15, 0.2) is 55.0 Å². The van der Waals surface area contributed by atoms with Gasteiger partial charge in [-0.1, -0.05) is 22.9 Å². The number of halogens is 2. The van der Waals surface area contributed by atoms with E-state index >= 15 is 0 Å². The molecule has 2 aromatic heterocycles. The van der Waals surface area contributed by atoms with Gasteiger partial charge in [0.05, 0.1) is 41.0 Å². The number of aromatic nitrogens is 5. The van der Waals surface area contributed by atoms with Crippen LogP contribution in [0.5, 0.6) is 5.75 Å². The number of hydrogen-bond donors (Lipinski definition) is 0. The van der Waals surface area contributed by atoms with Crippen molar-refractivity contribution in [1.29, 1.82) is 0 Å². The standard InChI is InChI=1S/C19H13ClFN5O/c20-12-4-5-17-19(6-12)26-14(9-23-24-26)8-18-16(22-11-25(17)18)10-27-15-3-1-2-13(21)7-15/h1-7,9,11H,8,10H2. The molecule has 0 fully saturated rings. The van der Waals surface area contributed by atoms with Crippen LogP contribution in [0.25, 0.3) is 11.4 Å². The van der Waals surface area contributed by atoms with E-state index in [1.165, 1.54) is 12.1 Å². The van der Waals surface area contributed by atoms with Crippen molar-refractivity contribution in [2.45, 2.75) is 13.0 Å². The Labute approximate surface area is 158 Å². The van der Waals surface area contributed by atoms with Crippen molar-refractivity contribution < 1.29 is 9.13 Å². The van der Waals surface area contributed by atoms with E-state index in [1.54, 1.807) is 29.3 Å². The Hall–Kier alpha value is -3.19. The van der Waals surface area contributed by atoms with E-state index < -0.39 is 0 Å². The lowest BCUT2D eigenvalue weighted by molar-refractivity contribution is 0.299. The average Bonchev–Trinajstić information content (AvgIpc) is 3.25. The molecule has 3 heterocycles. The lowest BCUT2D eigenvalue weighted by Crippen LogP contribution is -2.04. The second-order valence-electron chi connectivity index (χ2n) is 6.20. The summed E-state index contributed by atoms with van der Waals surface area (Å²) in [6.07, 6.45) is 4.07. The van der Waals surface area contributed by atoms with Crippen LogP contribution >= 0.6 is 11.6 Å². The molecular weight excluding hydrogens is 369 g/mol. The summed E-state index contributed by atoms with van der Waals surface area (Å²) in [6.45, 7) is 0.232. The molecule has 0 spiro atoms. The lowest BCUT2D eigenvalue weighted by Gasteiger charge is -2.10. The number of fused-ring (bicyclic) bond motifs is 5. The summed E-state index contributed by atoms with van der Waals surface area (Å²) in [6, 6.07) is 11.7. The third kappa shape index (κ3) is 2.76. The molecule has 0 N–H and O–H groups in total. The molecule has 134 valence electrons. The van der Waals surface area contributed by atoms with Crippen molar-refractivity contribution >= 4 is 11.6 Å². The smallest absolute Gasteiger partial charge is 0.132 e. The fraction of sp³-hybridized carbons (Fsp3) is 0.105. The van der Waals surface area contributed by atoms with Crippen molar-refractivity contribution in [3.63, 3.8) is 0 Å². The van der Waals surface area contributed by atoms with E-state index in [-0.39, 0.29) is 12.4 Å². The molecular formula is C19H13ClFN5O. The van der Waals surface area contributed by atoms with E-state index in [2.05, 4.69) is 15.3 Å². The minimum Gasteiger partial charge on any atom is -0.487 e. The van der Waals surface area contributed by atoms with Gasteiger partial charge in [-0.2, -0.15) is 0 Å². The van der Waals surface area contributed by atoms with Crippen molar-refractivity contribution in [3.8, 4) is 17.1 Å². The summed E-state index contributed by atoms with van der Waals surface area (Å²) in [7, 11) is 0. The highest BCUT2D eigenvalue weighted by Gasteiger charge is 2.23. The predicted octanol–water partition coefficient (Wildman–Crippen LogP) is 3.73. The van der Waals surface area contributed by atoms with Crippen LogP contribution in [0.3, 0.4) is 0 Å². The Morgan fingerprint density at radius 1 is 1.15 bits per heavy atom. The molecule has 0 amide bonds. The number of rotatable bonds is 3. The molecule has 0 unspecified atom stereocenters. The van der Waals surface area contributed by atoms with Gasteiger partial charge >= 0.3 is 0 Å². The first kappa shape index (κ1) is 16.0. The zero-order chi connectivity index (χ0) is 18.4. The highest BCUT2D eigenvalue weighted by atomic mass is 35.5. The number of ether oxygens (including phenoxy) is 1. The van der Waals surface area contributed by atoms with Crippen LogP contribution in [0.1, 0.15) is 17.1 Å². The van der Waals surface area contributed by atoms with E-state index in [0.29, 0.717) is 17.2 Å². The molecule has 8 heteroatoms. The van der Waals surface area contributed by atoms with Gasteiger partial charge in [0.25, 0.3) is 0 Å². The highest BCUT2D eigenvalue weighted by molar-refractivity contribution is 6.30. The minimum absolute atomic E-state index is 0.232. The Kier molecular flexibility index (Phi) is 3.68. The van der Waals surface area contributed by atoms with Crippen LogP contribution in [0, 0.1) is 5.82 Å². The molecule has 0 bridgehead atoms. The largest absolute Gasteiger partial charge is 0.487 e. The summed E-state index contributed by atoms with van der Waals surface area (Å²) in [5.41, 5.74) is 4.41. The molecule has 27 heavy (non-hydrogen) atoms. The number of benzene rings is 2. The molecule has 5 rings (SSSR count). The van der Waals surface area contributed by atoms with Gasteiger partial charge in [0.1, 0.15) is 18.2 Å². The lowest BCUT2D eigenvalue weighted by atomic mass is 10.2. The van der Waals surface area contributed by atoms with Crippen LogP contribution in [-0.2, 0) is 13.0 Å². The number of imidazole rings is 1. The fourth-order valence-corrected chi connectivity index (χ4v) is 3.42. The summed E-state index contributed by atoms with van der Waals surface area (Å²) >= 11 is 6.19. The van der Waals surface area contributed by atoms with Crippen LogP contribution in [0.2, 0.25) is 5.02 Å². The maximum atomic E-state index is 13.4. The Bertz CT molecular complexity index is 1150. The zero-order valence-corrected chi connectivity index (χ0v) is 14.8. The van der Waals surface area contributed by atoms with E-state index in [0.717, 1.165) is 28.5 Å². The van der Waals surface area contributed by atoms with E-state index in [9.17, 15) is 4.39 Å². The molecule has 2 aromatic carbocycles. The van der Waals surface area contributed by atoms with E-state index in [1.807, 2.05) is 22.8 Å². The maximum Gasteiger partial charge on any atom is 0.132 e. The molecule has 0 saturated heterocycles. The second-order valence-corrected chi connectivity index (χ2v) is 6.64.